The molecule has 0 amide bonds. The second-order valence-corrected chi connectivity index (χ2v) is 8.98. The number of carbonyl (C=O) groups is 1. The van der Waals surface area contributed by atoms with Crippen LogP contribution in [0, 0.1) is 11.6 Å². The Morgan fingerprint density at radius 3 is 2.47 bits per heavy atom. The van der Waals surface area contributed by atoms with Crippen LogP contribution in [-0.4, -0.2) is 26.5 Å². The summed E-state index contributed by atoms with van der Waals surface area (Å²) in [5.41, 5.74) is -5.01. The molecule has 2 aromatic heterocycles. The lowest BCUT2D eigenvalue weighted by molar-refractivity contribution is -0.144. The number of carbonyl (C=O) groups excluding carboxylic acids is 1. The van der Waals surface area contributed by atoms with Crippen LogP contribution in [0.3, 0.4) is 0 Å². The van der Waals surface area contributed by atoms with E-state index in [1.165, 1.54) is 6.92 Å². The molecule has 0 saturated heterocycles. The minimum Gasteiger partial charge on any atom is -0.477 e. The average Bonchev–Trinajstić information content (AvgIpc) is 2.77. The van der Waals surface area contributed by atoms with E-state index in [2.05, 4.69) is 4.98 Å². The first-order chi connectivity index (χ1) is 16.8. The Morgan fingerprint density at radius 2 is 1.83 bits per heavy atom. The smallest absolute Gasteiger partial charge is 0.431 e. The van der Waals surface area contributed by atoms with E-state index in [-0.39, 0.29) is 54.7 Å². The number of ketones is 1. The molecule has 2 heterocycles. The molecular weight excluding hydrogens is 533 g/mol. The summed E-state index contributed by atoms with van der Waals surface area (Å²) in [7, 11) is 0.790. The van der Waals surface area contributed by atoms with Crippen LogP contribution >= 0.6 is 23.4 Å². The van der Waals surface area contributed by atoms with Crippen LogP contribution in [0.2, 0.25) is 5.02 Å². The van der Waals surface area contributed by atoms with Gasteiger partial charge < -0.3 is 9.53 Å². The molecule has 0 unspecified atom stereocenters. The van der Waals surface area contributed by atoms with E-state index in [0.29, 0.717) is 6.42 Å². The van der Waals surface area contributed by atoms with Crippen LogP contribution in [0.4, 0.5) is 22.0 Å². The average molecular weight is 550 g/mol. The number of hydrogen-bond donors (Lipinski definition) is 0. The fourth-order valence-corrected chi connectivity index (χ4v) is 4.29. The van der Waals surface area contributed by atoms with Gasteiger partial charge in [0.25, 0.3) is 5.56 Å². The molecular formula is C22H17ClF5N3O4S. The van der Waals surface area contributed by atoms with E-state index >= 15 is 0 Å². The molecule has 0 aliphatic heterocycles. The van der Waals surface area contributed by atoms with Gasteiger partial charge in [-0.05, 0) is 31.5 Å². The van der Waals surface area contributed by atoms with E-state index in [4.69, 9.17) is 16.3 Å². The molecule has 1 aromatic carbocycles. The summed E-state index contributed by atoms with van der Waals surface area (Å²) in [6.45, 7) is 1.51. The minimum atomic E-state index is -4.99. The van der Waals surface area contributed by atoms with Crippen molar-refractivity contribution >= 4 is 29.1 Å². The number of nitrogens with zero attached hydrogens (tertiary/aromatic N) is 3. The summed E-state index contributed by atoms with van der Waals surface area (Å²) in [5, 5.41) is -0.190. The maximum atomic E-state index is 14.7. The van der Waals surface area contributed by atoms with Gasteiger partial charge >= 0.3 is 11.9 Å². The van der Waals surface area contributed by atoms with E-state index < -0.39 is 40.4 Å². The van der Waals surface area contributed by atoms with E-state index in [1.54, 1.807) is 0 Å². The van der Waals surface area contributed by atoms with Crippen LogP contribution in [0.25, 0.3) is 5.69 Å². The van der Waals surface area contributed by atoms with Crippen LogP contribution in [0.1, 0.15) is 25.5 Å². The third-order valence-electron chi connectivity index (χ3n) is 4.77. The van der Waals surface area contributed by atoms with Crippen molar-refractivity contribution in [3.05, 3.63) is 73.7 Å². The molecule has 0 radical (unpaired) electrons. The van der Waals surface area contributed by atoms with Crippen molar-refractivity contribution in [2.45, 2.75) is 35.7 Å². The topological polar surface area (TPSA) is 83.2 Å². The molecule has 0 bridgehead atoms. The Labute approximate surface area is 209 Å². The number of rotatable bonds is 8. The van der Waals surface area contributed by atoms with Gasteiger partial charge in [-0.1, -0.05) is 23.4 Å². The van der Waals surface area contributed by atoms with Crippen LogP contribution < -0.4 is 16.0 Å². The quantitative estimate of drug-likeness (QED) is 0.297. The van der Waals surface area contributed by atoms with Crippen molar-refractivity contribution in [2.24, 2.45) is 7.05 Å². The number of benzene rings is 1. The van der Waals surface area contributed by atoms with Gasteiger partial charge in [0.2, 0.25) is 5.88 Å². The zero-order valence-corrected chi connectivity index (χ0v) is 20.2. The summed E-state index contributed by atoms with van der Waals surface area (Å²) < 4.78 is 73.9. The van der Waals surface area contributed by atoms with Crippen molar-refractivity contribution in [3.63, 3.8) is 0 Å². The zero-order valence-electron chi connectivity index (χ0n) is 18.7. The van der Waals surface area contributed by atoms with Gasteiger partial charge in [0.05, 0.1) is 28.4 Å². The number of Topliss-reactive ketones (excluding diaryl/α,β-unsaturated/α-hetero) is 1. The van der Waals surface area contributed by atoms with Gasteiger partial charge in [-0.2, -0.15) is 13.2 Å². The predicted molar refractivity (Wildman–Crippen MR) is 121 cm³/mol. The van der Waals surface area contributed by atoms with Crippen molar-refractivity contribution in [3.8, 4) is 11.6 Å². The molecule has 3 aromatic rings. The fourth-order valence-electron chi connectivity index (χ4n) is 3.09. The molecule has 0 aliphatic carbocycles. The fraction of sp³-hybridized carbons (Fsp3) is 0.273. The number of halogens is 6. The number of ether oxygens (including phenoxy) is 1. The van der Waals surface area contributed by atoms with Gasteiger partial charge in [0.1, 0.15) is 23.1 Å². The molecule has 3 rings (SSSR count). The molecule has 0 aliphatic rings. The number of pyridine rings is 1. The van der Waals surface area contributed by atoms with Gasteiger partial charge in [-0.25, -0.2) is 23.1 Å². The zero-order chi connectivity index (χ0) is 26.8. The lowest BCUT2D eigenvalue weighted by Gasteiger charge is -2.15. The highest BCUT2D eigenvalue weighted by atomic mass is 35.5. The summed E-state index contributed by atoms with van der Waals surface area (Å²) in [6, 6.07) is 2.97. The molecule has 0 atom stereocenters. The first-order valence-electron chi connectivity index (χ1n) is 10.1. The maximum absolute atomic E-state index is 14.7. The van der Waals surface area contributed by atoms with Crippen molar-refractivity contribution < 1.29 is 31.5 Å². The van der Waals surface area contributed by atoms with Crippen LogP contribution in [0.5, 0.6) is 5.88 Å². The minimum absolute atomic E-state index is 0.0190. The highest BCUT2D eigenvalue weighted by Crippen LogP contribution is 2.39. The highest BCUT2D eigenvalue weighted by Gasteiger charge is 2.35. The monoisotopic (exact) mass is 549 g/mol. The third-order valence-corrected chi connectivity index (χ3v) is 6.26. The number of hydrogen-bond acceptors (Lipinski definition) is 6. The summed E-state index contributed by atoms with van der Waals surface area (Å²) in [6.07, 6.45) is -3.46. The second kappa shape index (κ2) is 10.8. The van der Waals surface area contributed by atoms with E-state index in [9.17, 15) is 36.3 Å². The molecule has 192 valence electrons. The molecule has 0 saturated carbocycles. The Kier molecular flexibility index (Phi) is 8.24. The lowest BCUT2D eigenvalue weighted by atomic mass is 10.2. The molecule has 0 spiro atoms. The summed E-state index contributed by atoms with van der Waals surface area (Å²) in [5.74, 6) is -1.95. The van der Waals surface area contributed by atoms with Crippen molar-refractivity contribution in [2.75, 3.05) is 6.61 Å². The van der Waals surface area contributed by atoms with Crippen molar-refractivity contribution in [1.29, 1.82) is 0 Å². The Balaban J connectivity index is 2.05. The van der Waals surface area contributed by atoms with E-state index in [1.807, 2.05) is 0 Å². The normalized spacial score (nSPS) is 11.6. The SMILES string of the molecule is CC(=O)CCCOc1ncc(F)cc1Sc1cc(-n2c(=O)cc(C(F)(F)F)n(C)c2=O)c(F)cc1Cl. The molecule has 14 heteroatoms. The molecule has 0 fully saturated rings. The van der Waals surface area contributed by atoms with Crippen LogP contribution in [0.15, 0.2) is 49.8 Å². The molecule has 0 N–H and O–H groups in total. The first-order valence-corrected chi connectivity index (χ1v) is 11.3. The molecule has 36 heavy (non-hydrogen) atoms. The summed E-state index contributed by atoms with van der Waals surface area (Å²) >= 11 is 6.88. The van der Waals surface area contributed by atoms with Gasteiger partial charge in [-0.3, -0.25) is 9.36 Å². The standard InChI is InChI=1S/C22H17ClF5N3O4S/c1-11(32)4-3-5-35-20-17(6-12(24)10-29-20)36-16-8-15(14(25)7-13(16)23)31-19(33)9-18(22(26,27)28)30(2)21(31)34/h6-10H,3-5H2,1-2H3. The van der Waals surface area contributed by atoms with E-state index in [0.717, 1.165) is 43.2 Å². The largest absolute Gasteiger partial charge is 0.477 e. The van der Waals surface area contributed by atoms with Crippen LogP contribution in [-0.2, 0) is 18.0 Å². The highest BCUT2D eigenvalue weighted by molar-refractivity contribution is 7.99. The maximum Gasteiger partial charge on any atom is 0.431 e. The van der Waals surface area contributed by atoms with Crippen molar-refractivity contribution in [1.82, 2.24) is 14.1 Å². The Morgan fingerprint density at radius 1 is 1.14 bits per heavy atom. The third kappa shape index (κ3) is 6.13. The van der Waals surface area contributed by atoms with Gasteiger partial charge in [0, 0.05) is 24.4 Å². The molecule has 7 nitrogen and oxygen atoms in total. The van der Waals surface area contributed by atoms with Gasteiger partial charge in [-0.15, -0.1) is 0 Å². The number of aromatic nitrogens is 3. The second-order valence-electron chi connectivity index (χ2n) is 7.49. The Bertz CT molecular complexity index is 1440. The lowest BCUT2D eigenvalue weighted by Crippen LogP contribution is -2.41. The Hall–Kier alpha value is -3.19. The van der Waals surface area contributed by atoms with Gasteiger partial charge in [0.15, 0.2) is 0 Å². The predicted octanol–water partition coefficient (Wildman–Crippen LogP) is 4.78. The number of alkyl halides is 3. The summed E-state index contributed by atoms with van der Waals surface area (Å²) in [4.78, 5) is 40.0. The first kappa shape index (κ1) is 27.4.